The van der Waals surface area contributed by atoms with Gasteiger partial charge >= 0.3 is 0 Å². The Balaban J connectivity index is 1.75. The van der Waals surface area contributed by atoms with E-state index in [1.165, 1.54) is 5.56 Å². The number of halogens is 1. The number of amides is 1. The molecular weight excluding hydrogens is 412 g/mol. The number of nitrogens with one attached hydrogen (secondary N) is 2. The Labute approximate surface area is 172 Å². The van der Waals surface area contributed by atoms with E-state index in [0.717, 1.165) is 43.4 Å². The molecule has 1 aromatic heterocycles. The summed E-state index contributed by atoms with van der Waals surface area (Å²) in [5, 5.41) is 4.15. The monoisotopic (exact) mass is 432 g/mol. The Hall–Kier alpha value is -2.85. The number of benzene rings is 3. The van der Waals surface area contributed by atoms with Crippen molar-refractivity contribution in [3.05, 3.63) is 87.9 Å². The average molecular weight is 433 g/mol. The molecule has 0 radical (unpaired) electrons. The molecule has 3 nitrogen and oxygen atoms in total. The van der Waals surface area contributed by atoms with Crippen molar-refractivity contribution in [1.82, 2.24) is 4.98 Å². The highest BCUT2D eigenvalue weighted by Crippen LogP contribution is 2.33. The summed E-state index contributed by atoms with van der Waals surface area (Å²) >= 11 is 3.49. The Morgan fingerprint density at radius 2 is 1.64 bits per heavy atom. The van der Waals surface area contributed by atoms with Crippen molar-refractivity contribution in [1.29, 1.82) is 0 Å². The molecule has 0 unspecified atom stereocenters. The van der Waals surface area contributed by atoms with Gasteiger partial charge in [0.1, 0.15) is 0 Å². The first-order valence-electron chi connectivity index (χ1n) is 9.24. The van der Waals surface area contributed by atoms with E-state index in [0.29, 0.717) is 6.42 Å². The number of para-hydroxylation sites is 2. The van der Waals surface area contributed by atoms with E-state index in [1.807, 2.05) is 49.4 Å². The van der Waals surface area contributed by atoms with Crippen molar-refractivity contribution < 1.29 is 4.79 Å². The number of hydrogen-bond acceptors (Lipinski definition) is 1. The first-order chi connectivity index (χ1) is 13.5. The summed E-state index contributed by atoms with van der Waals surface area (Å²) in [5.74, 6) is -0.0185. The number of carbonyl (C=O) groups is 1. The highest BCUT2D eigenvalue weighted by molar-refractivity contribution is 9.10. The van der Waals surface area contributed by atoms with Gasteiger partial charge in [0, 0.05) is 21.1 Å². The largest absolute Gasteiger partial charge is 0.354 e. The quantitative estimate of drug-likeness (QED) is 0.385. The van der Waals surface area contributed by atoms with Gasteiger partial charge in [-0.1, -0.05) is 64.5 Å². The Kier molecular flexibility index (Phi) is 5.05. The van der Waals surface area contributed by atoms with Crippen molar-refractivity contribution in [3.63, 3.8) is 0 Å². The van der Waals surface area contributed by atoms with Crippen molar-refractivity contribution in [2.75, 3.05) is 5.32 Å². The van der Waals surface area contributed by atoms with Gasteiger partial charge in [0.15, 0.2) is 0 Å². The van der Waals surface area contributed by atoms with Crippen LogP contribution in [0.4, 0.5) is 5.69 Å². The number of anilines is 1. The molecule has 3 aromatic carbocycles. The highest BCUT2D eigenvalue weighted by atomic mass is 79.9. The van der Waals surface area contributed by atoms with Crippen molar-refractivity contribution in [2.24, 2.45) is 0 Å². The smallest absolute Gasteiger partial charge is 0.228 e. The van der Waals surface area contributed by atoms with Crippen LogP contribution in [0.5, 0.6) is 0 Å². The molecule has 0 spiro atoms. The van der Waals surface area contributed by atoms with E-state index in [-0.39, 0.29) is 5.91 Å². The van der Waals surface area contributed by atoms with Gasteiger partial charge in [-0.2, -0.15) is 0 Å². The minimum atomic E-state index is -0.0185. The van der Waals surface area contributed by atoms with Gasteiger partial charge in [-0.3, -0.25) is 4.79 Å². The van der Waals surface area contributed by atoms with Gasteiger partial charge in [-0.25, -0.2) is 0 Å². The maximum atomic E-state index is 12.9. The predicted molar refractivity (Wildman–Crippen MR) is 120 cm³/mol. The molecule has 4 aromatic rings. The van der Waals surface area contributed by atoms with E-state index in [9.17, 15) is 4.79 Å². The maximum absolute atomic E-state index is 12.9. The molecule has 4 heteroatoms. The zero-order valence-corrected chi connectivity index (χ0v) is 17.4. The fourth-order valence-corrected chi connectivity index (χ4v) is 3.80. The van der Waals surface area contributed by atoms with E-state index >= 15 is 0 Å². The standard InChI is InChI=1S/C24H21BrN2O/c1-15-6-3-4-9-21(15)26-22(28)14-20-19-8-5-7-16(2)23(19)27-24(20)17-10-12-18(25)13-11-17/h3-13,27H,14H2,1-2H3,(H,26,28). The van der Waals surface area contributed by atoms with Gasteiger partial charge < -0.3 is 10.3 Å². The van der Waals surface area contributed by atoms with Crippen molar-refractivity contribution in [3.8, 4) is 11.3 Å². The predicted octanol–water partition coefficient (Wildman–Crippen LogP) is 6.40. The number of aryl methyl sites for hydroxylation is 2. The highest BCUT2D eigenvalue weighted by Gasteiger charge is 2.17. The maximum Gasteiger partial charge on any atom is 0.228 e. The molecule has 28 heavy (non-hydrogen) atoms. The minimum Gasteiger partial charge on any atom is -0.354 e. The molecule has 0 aliphatic carbocycles. The van der Waals surface area contributed by atoms with E-state index in [2.05, 4.69) is 57.4 Å². The molecule has 0 saturated heterocycles. The van der Waals surface area contributed by atoms with Gasteiger partial charge in [0.05, 0.1) is 12.1 Å². The van der Waals surface area contributed by atoms with Crippen LogP contribution in [0.1, 0.15) is 16.7 Å². The first kappa shape index (κ1) is 18.5. The van der Waals surface area contributed by atoms with Crippen LogP contribution in [-0.4, -0.2) is 10.9 Å². The third kappa shape index (κ3) is 3.60. The number of hydrogen-bond donors (Lipinski definition) is 2. The Morgan fingerprint density at radius 3 is 2.39 bits per heavy atom. The Bertz CT molecular complexity index is 1160. The summed E-state index contributed by atoms with van der Waals surface area (Å²) in [6.45, 7) is 4.08. The van der Waals surface area contributed by atoms with Gasteiger partial charge in [0.2, 0.25) is 5.91 Å². The molecule has 0 fully saturated rings. The molecule has 0 aliphatic rings. The van der Waals surface area contributed by atoms with E-state index in [4.69, 9.17) is 0 Å². The number of aromatic amines is 1. The SMILES string of the molecule is Cc1ccccc1NC(=O)Cc1c(-c2ccc(Br)cc2)[nH]c2c(C)cccc12. The van der Waals surface area contributed by atoms with Crippen LogP contribution in [0, 0.1) is 13.8 Å². The summed E-state index contributed by atoms with van der Waals surface area (Å²) in [6.07, 6.45) is 0.309. The molecule has 4 rings (SSSR count). The second kappa shape index (κ2) is 7.64. The summed E-state index contributed by atoms with van der Waals surface area (Å²) in [7, 11) is 0. The molecule has 2 N–H and O–H groups in total. The first-order valence-corrected chi connectivity index (χ1v) is 10.0. The second-order valence-electron chi connectivity index (χ2n) is 7.02. The van der Waals surface area contributed by atoms with Crippen LogP contribution in [0.2, 0.25) is 0 Å². The summed E-state index contributed by atoms with van der Waals surface area (Å²) in [6, 6.07) is 22.2. The molecule has 0 atom stereocenters. The molecule has 0 saturated carbocycles. The van der Waals surface area contributed by atoms with Gasteiger partial charge in [-0.15, -0.1) is 0 Å². The van der Waals surface area contributed by atoms with E-state index in [1.54, 1.807) is 0 Å². The number of aromatic nitrogens is 1. The van der Waals surface area contributed by atoms with Crippen molar-refractivity contribution >= 4 is 38.4 Å². The van der Waals surface area contributed by atoms with Crippen LogP contribution in [0.3, 0.4) is 0 Å². The molecule has 140 valence electrons. The zero-order valence-electron chi connectivity index (χ0n) is 15.8. The lowest BCUT2D eigenvalue weighted by Gasteiger charge is -2.09. The lowest BCUT2D eigenvalue weighted by molar-refractivity contribution is -0.115. The number of carbonyl (C=O) groups excluding carboxylic acids is 1. The second-order valence-corrected chi connectivity index (χ2v) is 7.94. The topological polar surface area (TPSA) is 44.9 Å². The van der Waals surface area contributed by atoms with Gasteiger partial charge in [-0.05, 0) is 54.3 Å². The van der Waals surface area contributed by atoms with Crippen LogP contribution in [0.25, 0.3) is 22.2 Å². The van der Waals surface area contributed by atoms with Crippen LogP contribution >= 0.6 is 15.9 Å². The number of H-pyrrole nitrogens is 1. The number of fused-ring (bicyclic) bond motifs is 1. The zero-order chi connectivity index (χ0) is 19.7. The average Bonchev–Trinajstić information content (AvgIpc) is 3.04. The summed E-state index contributed by atoms with van der Waals surface area (Å²) in [5.41, 5.74) is 7.24. The third-order valence-electron chi connectivity index (χ3n) is 5.04. The number of rotatable bonds is 4. The lowest BCUT2D eigenvalue weighted by Crippen LogP contribution is -2.15. The van der Waals surface area contributed by atoms with Crippen LogP contribution in [-0.2, 0) is 11.2 Å². The summed E-state index contributed by atoms with van der Waals surface area (Å²) < 4.78 is 1.03. The lowest BCUT2D eigenvalue weighted by atomic mass is 10.0. The normalized spacial score (nSPS) is 11.0. The molecule has 1 amide bonds. The summed E-state index contributed by atoms with van der Waals surface area (Å²) in [4.78, 5) is 16.4. The Morgan fingerprint density at radius 1 is 0.929 bits per heavy atom. The molecular formula is C24H21BrN2O. The van der Waals surface area contributed by atoms with Gasteiger partial charge in [0.25, 0.3) is 0 Å². The molecule has 0 bridgehead atoms. The fourth-order valence-electron chi connectivity index (χ4n) is 3.53. The van der Waals surface area contributed by atoms with Crippen LogP contribution < -0.4 is 5.32 Å². The van der Waals surface area contributed by atoms with Crippen LogP contribution in [0.15, 0.2) is 71.2 Å². The van der Waals surface area contributed by atoms with Crippen molar-refractivity contribution in [2.45, 2.75) is 20.3 Å². The minimum absolute atomic E-state index is 0.0185. The van der Waals surface area contributed by atoms with E-state index < -0.39 is 0 Å². The molecule has 0 aliphatic heterocycles. The third-order valence-corrected chi connectivity index (χ3v) is 5.57. The molecule has 1 heterocycles. The fraction of sp³-hybridized carbons (Fsp3) is 0.125.